The van der Waals surface area contributed by atoms with Crippen molar-refractivity contribution in [1.29, 1.82) is 0 Å². The van der Waals surface area contributed by atoms with Crippen LogP contribution in [0.2, 0.25) is 0 Å². The summed E-state index contributed by atoms with van der Waals surface area (Å²) >= 11 is 0. The van der Waals surface area contributed by atoms with Crippen LogP contribution in [0.1, 0.15) is 41.5 Å². The van der Waals surface area contributed by atoms with Crippen LogP contribution < -0.4 is 11.1 Å². The molecule has 0 aliphatic carbocycles. The van der Waals surface area contributed by atoms with Crippen LogP contribution >= 0.6 is 0 Å². The summed E-state index contributed by atoms with van der Waals surface area (Å²) in [6.07, 6.45) is 0. The second-order valence-corrected chi connectivity index (χ2v) is 6.06. The number of nitrogens with two attached hydrogens (primary N) is 1. The van der Waals surface area contributed by atoms with E-state index in [0.717, 1.165) is 0 Å². The van der Waals surface area contributed by atoms with Gasteiger partial charge >= 0.3 is 5.97 Å². The van der Waals surface area contributed by atoms with Crippen molar-refractivity contribution in [2.75, 3.05) is 7.11 Å². The van der Waals surface area contributed by atoms with Crippen molar-refractivity contribution in [2.24, 2.45) is 17.1 Å². The largest absolute Gasteiger partial charge is 0.467 e. The average molecular weight is 258 g/mol. The van der Waals surface area contributed by atoms with Gasteiger partial charge in [0, 0.05) is 5.54 Å². The highest BCUT2D eigenvalue weighted by molar-refractivity contribution is 5.88. The summed E-state index contributed by atoms with van der Waals surface area (Å²) in [7, 11) is 1.31. The summed E-state index contributed by atoms with van der Waals surface area (Å²) in [6, 6.07) is -0.649. The van der Waals surface area contributed by atoms with Crippen molar-refractivity contribution < 1.29 is 14.3 Å². The Morgan fingerprint density at radius 1 is 1.17 bits per heavy atom. The first kappa shape index (κ1) is 16.9. The molecule has 0 saturated heterocycles. The fraction of sp³-hybridized carbons (Fsp3) is 0.846. The summed E-state index contributed by atoms with van der Waals surface area (Å²) in [5, 5.41) is 2.72. The molecule has 1 amide bonds. The first-order chi connectivity index (χ1) is 7.95. The van der Waals surface area contributed by atoms with Crippen molar-refractivity contribution >= 4 is 11.9 Å². The van der Waals surface area contributed by atoms with E-state index in [1.54, 1.807) is 27.7 Å². The highest BCUT2D eigenvalue weighted by Crippen LogP contribution is 2.28. The number of carbonyl (C=O) groups excluding carboxylic acids is 2. The van der Waals surface area contributed by atoms with E-state index in [-0.39, 0.29) is 11.8 Å². The van der Waals surface area contributed by atoms with Crippen molar-refractivity contribution in [3.8, 4) is 0 Å². The minimum atomic E-state index is -0.784. The van der Waals surface area contributed by atoms with Crippen molar-refractivity contribution in [2.45, 2.75) is 53.1 Å². The summed E-state index contributed by atoms with van der Waals surface area (Å²) < 4.78 is 4.69. The van der Waals surface area contributed by atoms with Gasteiger partial charge in [-0.3, -0.25) is 4.79 Å². The maximum atomic E-state index is 12.2. The fourth-order valence-corrected chi connectivity index (χ4v) is 1.24. The number of rotatable bonds is 5. The highest BCUT2D eigenvalue weighted by atomic mass is 16.5. The number of methoxy groups -OCH3 is 1. The number of nitrogens with one attached hydrogen (secondary N) is 1. The van der Waals surface area contributed by atoms with Gasteiger partial charge < -0.3 is 15.8 Å². The van der Waals surface area contributed by atoms with Gasteiger partial charge in [0.05, 0.1) is 12.5 Å². The lowest BCUT2D eigenvalue weighted by Gasteiger charge is -2.38. The molecule has 0 radical (unpaired) electrons. The van der Waals surface area contributed by atoms with Gasteiger partial charge in [0.15, 0.2) is 0 Å². The predicted octanol–water partition coefficient (Wildman–Crippen LogP) is 1.06. The summed E-state index contributed by atoms with van der Waals surface area (Å²) in [4.78, 5) is 23.8. The van der Waals surface area contributed by atoms with E-state index in [1.807, 2.05) is 13.8 Å². The minimum absolute atomic E-state index is 0.0434. The minimum Gasteiger partial charge on any atom is -0.467 e. The zero-order valence-electron chi connectivity index (χ0n) is 12.5. The molecular weight excluding hydrogens is 232 g/mol. The molecule has 0 spiro atoms. The Kier molecular flexibility index (Phi) is 5.35. The number of hydrogen-bond donors (Lipinski definition) is 2. The lowest BCUT2D eigenvalue weighted by atomic mass is 9.74. The summed E-state index contributed by atoms with van der Waals surface area (Å²) in [6.45, 7) is 10.8. The second kappa shape index (κ2) is 5.69. The molecule has 0 rings (SSSR count). The summed E-state index contributed by atoms with van der Waals surface area (Å²) in [5.41, 5.74) is 4.53. The third kappa shape index (κ3) is 3.70. The van der Waals surface area contributed by atoms with Crippen molar-refractivity contribution in [3.05, 3.63) is 0 Å². The van der Waals surface area contributed by atoms with Crippen molar-refractivity contribution in [3.63, 3.8) is 0 Å². The standard InChI is InChI=1S/C13H26N2O3/c1-8(2)9(10(16)18-7)15-11(17)12(3,4)13(5,6)14/h8-9H,14H2,1-7H3,(H,15,17). The first-order valence-corrected chi connectivity index (χ1v) is 6.12. The van der Waals surface area contributed by atoms with E-state index >= 15 is 0 Å². The van der Waals surface area contributed by atoms with E-state index in [2.05, 4.69) is 10.1 Å². The van der Waals surface area contributed by atoms with Crippen LogP contribution in [-0.4, -0.2) is 30.6 Å². The zero-order chi connectivity index (χ0) is 14.7. The second-order valence-electron chi connectivity index (χ2n) is 6.06. The van der Waals surface area contributed by atoms with E-state index in [0.29, 0.717) is 0 Å². The molecule has 3 N–H and O–H groups in total. The first-order valence-electron chi connectivity index (χ1n) is 6.12. The topological polar surface area (TPSA) is 81.4 Å². The van der Waals surface area contributed by atoms with E-state index in [4.69, 9.17) is 5.73 Å². The maximum absolute atomic E-state index is 12.2. The molecule has 0 aliphatic rings. The van der Waals surface area contributed by atoms with Crippen molar-refractivity contribution in [1.82, 2.24) is 5.32 Å². The number of hydrogen-bond acceptors (Lipinski definition) is 4. The van der Waals surface area contributed by atoms with Crippen LogP contribution in [0.4, 0.5) is 0 Å². The Hall–Kier alpha value is -1.10. The van der Waals surface area contributed by atoms with Gasteiger partial charge in [-0.25, -0.2) is 4.79 Å². The highest BCUT2D eigenvalue weighted by Gasteiger charge is 2.42. The lowest BCUT2D eigenvalue weighted by molar-refractivity contribution is -0.148. The summed E-state index contributed by atoms with van der Waals surface area (Å²) in [5.74, 6) is -0.735. The smallest absolute Gasteiger partial charge is 0.328 e. The molecule has 0 bridgehead atoms. The van der Waals surface area contributed by atoms with Crippen LogP contribution in [0, 0.1) is 11.3 Å². The predicted molar refractivity (Wildman–Crippen MR) is 70.8 cm³/mol. The Bertz CT molecular complexity index is 317. The van der Waals surface area contributed by atoms with Crippen LogP contribution in [0.25, 0.3) is 0 Å². The normalized spacial score (nSPS) is 14.3. The number of carbonyl (C=O) groups is 2. The quantitative estimate of drug-likeness (QED) is 0.723. The molecule has 18 heavy (non-hydrogen) atoms. The molecule has 5 heteroatoms. The zero-order valence-corrected chi connectivity index (χ0v) is 12.5. The Morgan fingerprint density at radius 3 is 1.89 bits per heavy atom. The molecule has 0 fully saturated rings. The molecule has 0 aliphatic heterocycles. The number of amides is 1. The van der Waals surface area contributed by atoms with E-state index < -0.39 is 23.0 Å². The molecule has 0 aromatic rings. The Morgan fingerprint density at radius 2 is 1.61 bits per heavy atom. The lowest BCUT2D eigenvalue weighted by Crippen LogP contribution is -2.58. The van der Waals surface area contributed by atoms with Gasteiger partial charge in [0.2, 0.25) is 5.91 Å². The Balaban J connectivity index is 4.98. The van der Waals surface area contributed by atoms with E-state index in [1.165, 1.54) is 7.11 Å². The number of ether oxygens (including phenoxy) is 1. The molecule has 1 atom stereocenters. The van der Waals surface area contributed by atoms with Gasteiger partial charge in [-0.2, -0.15) is 0 Å². The van der Waals surface area contributed by atoms with Gasteiger partial charge in [-0.1, -0.05) is 13.8 Å². The van der Waals surface area contributed by atoms with Crippen LogP contribution in [0.5, 0.6) is 0 Å². The van der Waals surface area contributed by atoms with Gasteiger partial charge in [-0.15, -0.1) is 0 Å². The fourth-order valence-electron chi connectivity index (χ4n) is 1.24. The van der Waals surface area contributed by atoms with Gasteiger partial charge in [0.1, 0.15) is 6.04 Å². The molecule has 1 unspecified atom stereocenters. The average Bonchev–Trinajstić information content (AvgIpc) is 2.22. The third-order valence-corrected chi connectivity index (χ3v) is 3.59. The van der Waals surface area contributed by atoms with E-state index in [9.17, 15) is 9.59 Å². The monoisotopic (exact) mass is 258 g/mol. The number of esters is 1. The molecular formula is C13H26N2O3. The van der Waals surface area contributed by atoms with Gasteiger partial charge in [0.25, 0.3) is 0 Å². The third-order valence-electron chi connectivity index (χ3n) is 3.59. The van der Waals surface area contributed by atoms with Crippen LogP contribution in [-0.2, 0) is 14.3 Å². The molecule has 0 saturated carbocycles. The molecule has 0 aromatic carbocycles. The van der Waals surface area contributed by atoms with Crippen LogP contribution in [0.15, 0.2) is 0 Å². The molecule has 5 nitrogen and oxygen atoms in total. The molecule has 106 valence electrons. The Labute approximate surface area is 109 Å². The van der Waals surface area contributed by atoms with Crippen LogP contribution in [0.3, 0.4) is 0 Å². The van der Waals surface area contributed by atoms with Gasteiger partial charge in [-0.05, 0) is 33.6 Å². The SMILES string of the molecule is COC(=O)C(NC(=O)C(C)(C)C(C)(C)N)C(C)C. The molecule has 0 heterocycles. The molecule has 0 aromatic heterocycles. The maximum Gasteiger partial charge on any atom is 0.328 e.